The molecular weight excluding hydrogens is 442 g/mol. The molecule has 0 radical (unpaired) electrons. The number of Topliss-reactive ketones (excluding diaryl/α,β-unsaturated/α-hetero) is 1. The second kappa shape index (κ2) is 9.25. The molecule has 3 aromatic rings. The number of aryl methyl sites for hydroxylation is 1. The zero-order valence-corrected chi connectivity index (χ0v) is 19.9. The molecule has 35 heavy (non-hydrogen) atoms. The minimum Gasteiger partial charge on any atom is -0.496 e. The van der Waals surface area contributed by atoms with Crippen LogP contribution >= 0.6 is 0 Å². The van der Waals surface area contributed by atoms with Gasteiger partial charge in [-0.2, -0.15) is 0 Å². The third-order valence-electron chi connectivity index (χ3n) is 6.62. The van der Waals surface area contributed by atoms with Crippen molar-refractivity contribution in [2.75, 3.05) is 12.4 Å². The number of rotatable bonds is 5. The Morgan fingerprint density at radius 3 is 2.66 bits per heavy atom. The van der Waals surface area contributed by atoms with Crippen LogP contribution in [0, 0.1) is 6.92 Å². The molecule has 3 heterocycles. The highest BCUT2D eigenvalue weighted by atomic mass is 16.5. The van der Waals surface area contributed by atoms with Crippen molar-refractivity contribution in [3.8, 4) is 5.75 Å². The third kappa shape index (κ3) is 4.25. The van der Waals surface area contributed by atoms with E-state index in [-0.39, 0.29) is 17.6 Å². The number of ether oxygens (including phenoxy) is 1. The van der Waals surface area contributed by atoms with Crippen molar-refractivity contribution in [2.45, 2.75) is 38.5 Å². The molecule has 178 valence electrons. The highest BCUT2D eigenvalue weighted by molar-refractivity contribution is 6.09. The van der Waals surface area contributed by atoms with Crippen LogP contribution in [0.2, 0.25) is 0 Å². The zero-order valence-electron chi connectivity index (χ0n) is 19.9. The summed E-state index contributed by atoms with van der Waals surface area (Å²) >= 11 is 0. The number of ketones is 1. The lowest BCUT2D eigenvalue weighted by Gasteiger charge is -2.36. The molecule has 0 bridgehead atoms. The number of allylic oxidation sites excluding steroid dienone is 3. The van der Waals surface area contributed by atoms with E-state index in [9.17, 15) is 9.59 Å². The predicted octanol–water partition coefficient (Wildman–Crippen LogP) is 4.99. The minimum absolute atomic E-state index is 0.0117. The number of hydrogen-bond acceptors (Lipinski definition) is 6. The Balaban J connectivity index is 1.59. The quantitative estimate of drug-likeness (QED) is 0.547. The van der Waals surface area contributed by atoms with Gasteiger partial charge in [-0.1, -0.05) is 24.3 Å². The number of nitrogens with one attached hydrogen (secondary N) is 2. The number of benzene rings is 1. The molecule has 0 fully saturated rings. The molecule has 2 N–H and O–H groups in total. The van der Waals surface area contributed by atoms with Crippen molar-refractivity contribution >= 4 is 17.5 Å². The number of hydrogen-bond donors (Lipinski definition) is 2. The molecular formula is C28H27N3O4. The molecule has 2 aliphatic rings. The van der Waals surface area contributed by atoms with Crippen LogP contribution in [0.15, 0.2) is 87.9 Å². The maximum absolute atomic E-state index is 13.6. The zero-order chi connectivity index (χ0) is 24.5. The molecule has 0 unspecified atom stereocenters. The standard InChI is InChI=1S/C28H27N3O4/c1-16-10-11-24(29-15-16)31-28(33)25-17(2)30-20-13-18(22-9-6-12-35-22)14-21(32)27(20)26(25)19-7-4-5-8-23(19)34-3/h4-12,15,18,26,30H,13-14H2,1-3H3,(H,29,31,33)/t18-,26+/m1/s1. The number of furan rings is 1. The van der Waals surface area contributed by atoms with Gasteiger partial charge in [-0.15, -0.1) is 0 Å². The highest BCUT2D eigenvalue weighted by Crippen LogP contribution is 2.47. The van der Waals surface area contributed by atoms with E-state index in [4.69, 9.17) is 9.15 Å². The lowest BCUT2D eigenvalue weighted by Crippen LogP contribution is -2.37. The van der Waals surface area contributed by atoms with E-state index in [1.54, 1.807) is 25.6 Å². The SMILES string of the molecule is COc1ccccc1[C@H]1C(C(=O)Nc2ccc(C)cn2)=C(C)NC2=C1C(=O)C[C@H](c1ccco1)C2. The molecule has 7 nitrogen and oxygen atoms in total. The van der Waals surface area contributed by atoms with E-state index in [0.29, 0.717) is 41.3 Å². The summed E-state index contributed by atoms with van der Waals surface area (Å²) in [6.45, 7) is 3.80. The number of para-hydroxylation sites is 1. The summed E-state index contributed by atoms with van der Waals surface area (Å²) in [6, 6.07) is 14.9. The number of carbonyl (C=O) groups is 2. The van der Waals surface area contributed by atoms with Gasteiger partial charge in [-0.05, 0) is 50.1 Å². The van der Waals surface area contributed by atoms with Crippen LogP contribution in [0.1, 0.15) is 48.5 Å². The summed E-state index contributed by atoms with van der Waals surface area (Å²) in [6.07, 6.45) is 4.26. The number of nitrogens with zero attached hydrogens (tertiary/aromatic N) is 1. The lowest BCUT2D eigenvalue weighted by molar-refractivity contribution is -0.116. The maximum Gasteiger partial charge on any atom is 0.255 e. The molecule has 0 saturated heterocycles. The summed E-state index contributed by atoms with van der Waals surface area (Å²) in [5, 5.41) is 6.29. The van der Waals surface area contributed by atoms with Gasteiger partial charge < -0.3 is 19.8 Å². The molecule has 2 atom stereocenters. The monoisotopic (exact) mass is 469 g/mol. The van der Waals surface area contributed by atoms with Crippen LogP contribution in [0.5, 0.6) is 5.75 Å². The third-order valence-corrected chi connectivity index (χ3v) is 6.62. The molecule has 7 heteroatoms. The Morgan fingerprint density at radius 1 is 1.11 bits per heavy atom. The summed E-state index contributed by atoms with van der Waals surface area (Å²) in [7, 11) is 1.59. The van der Waals surface area contributed by atoms with Crippen molar-refractivity contribution in [3.05, 3.63) is 100 Å². The number of methoxy groups -OCH3 is 1. The number of aromatic nitrogens is 1. The van der Waals surface area contributed by atoms with E-state index in [1.165, 1.54) is 0 Å². The largest absolute Gasteiger partial charge is 0.496 e. The van der Waals surface area contributed by atoms with Crippen LogP contribution in [-0.4, -0.2) is 23.8 Å². The van der Waals surface area contributed by atoms with Crippen molar-refractivity contribution in [3.63, 3.8) is 0 Å². The van der Waals surface area contributed by atoms with Crippen molar-refractivity contribution in [1.29, 1.82) is 0 Å². The van der Waals surface area contributed by atoms with Crippen molar-refractivity contribution in [2.24, 2.45) is 0 Å². The van der Waals surface area contributed by atoms with Gasteiger partial charge in [0.15, 0.2) is 5.78 Å². The van der Waals surface area contributed by atoms with Gasteiger partial charge in [0.2, 0.25) is 0 Å². The molecule has 0 saturated carbocycles. The fourth-order valence-electron chi connectivity index (χ4n) is 5.01. The van der Waals surface area contributed by atoms with E-state index >= 15 is 0 Å². The first-order valence-electron chi connectivity index (χ1n) is 11.6. The van der Waals surface area contributed by atoms with Crippen LogP contribution in [0.4, 0.5) is 5.82 Å². The van der Waals surface area contributed by atoms with E-state index in [1.807, 2.05) is 56.3 Å². The average molecular weight is 470 g/mol. The van der Waals surface area contributed by atoms with Crippen LogP contribution < -0.4 is 15.4 Å². The second-order valence-electron chi connectivity index (χ2n) is 8.95. The fraction of sp³-hybridized carbons (Fsp3) is 0.250. The molecule has 0 spiro atoms. The highest BCUT2D eigenvalue weighted by Gasteiger charge is 2.42. The van der Waals surface area contributed by atoms with Gasteiger partial charge in [0.25, 0.3) is 5.91 Å². The Bertz CT molecular complexity index is 1340. The Hall–Kier alpha value is -4.13. The molecule has 1 aromatic carbocycles. The Labute approximate surface area is 203 Å². The summed E-state index contributed by atoms with van der Waals surface area (Å²) in [4.78, 5) is 31.6. The molecule has 1 aliphatic heterocycles. The van der Waals surface area contributed by atoms with E-state index in [0.717, 1.165) is 22.6 Å². The molecule has 2 aromatic heterocycles. The number of amides is 1. The molecule has 1 aliphatic carbocycles. The van der Waals surface area contributed by atoms with Gasteiger partial charge in [0.1, 0.15) is 17.3 Å². The molecule has 5 rings (SSSR count). The van der Waals surface area contributed by atoms with Crippen molar-refractivity contribution < 1.29 is 18.7 Å². The Kier molecular flexibility index (Phi) is 5.99. The number of pyridine rings is 1. The van der Waals surface area contributed by atoms with Gasteiger partial charge in [-0.25, -0.2) is 4.98 Å². The van der Waals surface area contributed by atoms with Crippen molar-refractivity contribution in [1.82, 2.24) is 10.3 Å². The fourth-order valence-corrected chi connectivity index (χ4v) is 5.01. The Morgan fingerprint density at radius 2 is 1.94 bits per heavy atom. The summed E-state index contributed by atoms with van der Waals surface area (Å²) < 4.78 is 11.3. The first-order valence-corrected chi connectivity index (χ1v) is 11.6. The number of dihydropyridines is 1. The van der Waals surface area contributed by atoms with Crippen LogP contribution in [0.25, 0.3) is 0 Å². The van der Waals surface area contributed by atoms with Crippen LogP contribution in [-0.2, 0) is 9.59 Å². The number of anilines is 1. The van der Waals surface area contributed by atoms with Gasteiger partial charge in [0.05, 0.1) is 19.3 Å². The molecule has 1 amide bonds. The van der Waals surface area contributed by atoms with Gasteiger partial charge >= 0.3 is 0 Å². The average Bonchev–Trinajstić information content (AvgIpc) is 3.39. The summed E-state index contributed by atoms with van der Waals surface area (Å²) in [5.41, 5.74) is 4.36. The van der Waals surface area contributed by atoms with Gasteiger partial charge in [-0.3, -0.25) is 9.59 Å². The first-order chi connectivity index (χ1) is 17.0. The summed E-state index contributed by atoms with van der Waals surface area (Å²) in [5.74, 6) is 0.916. The predicted molar refractivity (Wildman–Crippen MR) is 132 cm³/mol. The first kappa shape index (κ1) is 22.7. The smallest absolute Gasteiger partial charge is 0.255 e. The minimum atomic E-state index is -0.571. The van der Waals surface area contributed by atoms with E-state index < -0.39 is 5.92 Å². The van der Waals surface area contributed by atoms with E-state index in [2.05, 4.69) is 15.6 Å². The van der Waals surface area contributed by atoms with Gasteiger partial charge in [0, 0.05) is 46.6 Å². The normalized spacial score (nSPS) is 19.8. The number of carbonyl (C=O) groups excluding carboxylic acids is 2. The van der Waals surface area contributed by atoms with Crippen LogP contribution in [0.3, 0.4) is 0 Å². The lowest BCUT2D eigenvalue weighted by atomic mass is 9.72. The maximum atomic E-state index is 13.6. The topological polar surface area (TPSA) is 93.5 Å². The second-order valence-corrected chi connectivity index (χ2v) is 8.95.